The Labute approximate surface area is 218 Å². The lowest BCUT2D eigenvalue weighted by molar-refractivity contribution is 0.340. The molecule has 4 aromatic carbocycles. The van der Waals surface area contributed by atoms with Crippen molar-refractivity contribution in [1.82, 2.24) is 0 Å². The van der Waals surface area contributed by atoms with Gasteiger partial charge in [0.25, 0.3) is 0 Å². The second kappa shape index (κ2) is 9.19. The summed E-state index contributed by atoms with van der Waals surface area (Å²) in [5.41, 5.74) is 9.32. The van der Waals surface area contributed by atoms with E-state index in [2.05, 4.69) is 72.8 Å². The van der Waals surface area contributed by atoms with Gasteiger partial charge in [-0.25, -0.2) is 0 Å². The molecule has 0 fully saturated rings. The van der Waals surface area contributed by atoms with Gasteiger partial charge < -0.3 is 18.9 Å². The zero-order valence-corrected chi connectivity index (χ0v) is 21.9. The SMILES string of the molecule is CCOc1ccc2c(c1)-c1cc(OCC)ccc1C21c2ccc(OCC)cc2-c2cc(OCC)ccc21. The van der Waals surface area contributed by atoms with Crippen LogP contribution in [-0.2, 0) is 5.41 Å². The Kier molecular flexibility index (Phi) is 5.83. The number of rotatable bonds is 8. The summed E-state index contributed by atoms with van der Waals surface area (Å²) < 4.78 is 23.7. The van der Waals surface area contributed by atoms with Gasteiger partial charge in [0, 0.05) is 0 Å². The van der Waals surface area contributed by atoms with Crippen molar-refractivity contribution in [3.63, 3.8) is 0 Å². The maximum absolute atomic E-state index is 5.93. The normalized spacial score (nSPS) is 13.5. The highest BCUT2D eigenvalue weighted by molar-refractivity contribution is 5.96. The molecule has 0 radical (unpaired) electrons. The van der Waals surface area contributed by atoms with Crippen LogP contribution < -0.4 is 18.9 Å². The largest absolute Gasteiger partial charge is 0.494 e. The summed E-state index contributed by atoms with van der Waals surface area (Å²) in [6.45, 7) is 10.6. The summed E-state index contributed by atoms with van der Waals surface area (Å²) in [4.78, 5) is 0. The second-order valence-corrected chi connectivity index (χ2v) is 9.31. The molecule has 0 N–H and O–H groups in total. The average molecular weight is 493 g/mol. The van der Waals surface area contributed by atoms with Crippen molar-refractivity contribution in [2.24, 2.45) is 0 Å². The van der Waals surface area contributed by atoms with Crippen LogP contribution in [-0.4, -0.2) is 26.4 Å². The first-order chi connectivity index (χ1) is 18.1. The van der Waals surface area contributed by atoms with Gasteiger partial charge in [0.1, 0.15) is 23.0 Å². The zero-order chi connectivity index (χ0) is 25.6. The number of hydrogen-bond donors (Lipinski definition) is 0. The van der Waals surface area contributed by atoms with Crippen molar-refractivity contribution < 1.29 is 18.9 Å². The summed E-state index contributed by atoms with van der Waals surface area (Å²) in [6.07, 6.45) is 0. The molecule has 0 aliphatic heterocycles. The minimum absolute atomic E-state index is 0.444. The summed E-state index contributed by atoms with van der Waals surface area (Å²) in [5.74, 6) is 3.51. The van der Waals surface area contributed by atoms with Crippen LogP contribution in [0.5, 0.6) is 23.0 Å². The Balaban J connectivity index is 1.69. The topological polar surface area (TPSA) is 36.9 Å². The molecule has 4 aromatic rings. The molecule has 188 valence electrons. The first-order valence-electron chi connectivity index (χ1n) is 13.3. The summed E-state index contributed by atoms with van der Waals surface area (Å²) in [7, 11) is 0. The third kappa shape index (κ3) is 3.42. The third-order valence-corrected chi connectivity index (χ3v) is 7.40. The van der Waals surface area contributed by atoms with Crippen LogP contribution in [0, 0.1) is 0 Å². The van der Waals surface area contributed by atoms with Gasteiger partial charge in [-0.1, -0.05) is 24.3 Å². The fraction of sp³-hybridized carbons (Fsp3) is 0.273. The molecule has 0 saturated heterocycles. The van der Waals surface area contributed by atoms with E-state index in [1.165, 1.54) is 44.5 Å². The zero-order valence-electron chi connectivity index (χ0n) is 21.9. The highest BCUT2D eigenvalue weighted by Gasteiger charge is 2.52. The molecule has 4 nitrogen and oxygen atoms in total. The molecule has 37 heavy (non-hydrogen) atoms. The molecular weight excluding hydrogens is 460 g/mol. The Morgan fingerprint density at radius 1 is 0.405 bits per heavy atom. The minimum atomic E-state index is -0.444. The molecule has 0 saturated carbocycles. The van der Waals surface area contributed by atoms with Gasteiger partial charge in [0.05, 0.1) is 31.8 Å². The highest BCUT2D eigenvalue weighted by Crippen LogP contribution is 2.64. The van der Waals surface area contributed by atoms with E-state index in [0.717, 1.165) is 23.0 Å². The van der Waals surface area contributed by atoms with Gasteiger partial charge in [-0.3, -0.25) is 0 Å². The highest BCUT2D eigenvalue weighted by atomic mass is 16.5. The molecule has 4 heteroatoms. The molecule has 0 unspecified atom stereocenters. The molecule has 2 aliphatic carbocycles. The van der Waals surface area contributed by atoms with E-state index in [0.29, 0.717) is 26.4 Å². The maximum atomic E-state index is 5.93. The summed E-state index contributed by atoms with van der Waals surface area (Å²) in [6, 6.07) is 26.1. The molecule has 0 atom stereocenters. The van der Waals surface area contributed by atoms with Crippen LogP contribution >= 0.6 is 0 Å². The summed E-state index contributed by atoms with van der Waals surface area (Å²) >= 11 is 0. The minimum Gasteiger partial charge on any atom is -0.494 e. The van der Waals surface area contributed by atoms with Crippen LogP contribution in [0.25, 0.3) is 22.3 Å². The lowest BCUT2D eigenvalue weighted by atomic mass is 9.70. The van der Waals surface area contributed by atoms with E-state index in [1.54, 1.807) is 0 Å². The van der Waals surface area contributed by atoms with E-state index in [9.17, 15) is 0 Å². The van der Waals surface area contributed by atoms with E-state index in [1.807, 2.05) is 27.7 Å². The molecular formula is C33H32O4. The van der Waals surface area contributed by atoms with Crippen LogP contribution in [0.3, 0.4) is 0 Å². The number of ether oxygens (including phenoxy) is 4. The Morgan fingerprint density at radius 3 is 0.865 bits per heavy atom. The summed E-state index contributed by atoms with van der Waals surface area (Å²) in [5, 5.41) is 0. The fourth-order valence-electron chi connectivity index (χ4n) is 6.19. The van der Waals surface area contributed by atoms with Crippen molar-refractivity contribution in [1.29, 1.82) is 0 Å². The van der Waals surface area contributed by atoms with Gasteiger partial charge >= 0.3 is 0 Å². The Bertz CT molecular complexity index is 1260. The molecule has 0 aromatic heterocycles. The van der Waals surface area contributed by atoms with E-state index >= 15 is 0 Å². The van der Waals surface area contributed by atoms with E-state index in [4.69, 9.17) is 18.9 Å². The van der Waals surface area contributed by atoms with Crippen LogP contribution in [0.2, 0.25) is 0 Å². The van der Waals surface area contributed by atoms with Crippen molar-refractivity contribution in [3.05, 3.63) is 95.1 Å². The van der Waals surface area contributed by atoms with Crippen LogP contribution in [0.1, 0.15) is 49.9 Å². The molecule has 1 spiro atoms. The first-order valence-corrected chi connectivity index (χ1v) is 13.3. The third-order valence-electron chi connectivity index (χ3n) is 7.40. The van der Waals surface area contributed by atoms with Crippen LogP contribution in [0.15, 0.2) is 72.8 Å². The van der Waals surface area contributed by atoms with Gasteiger partial charge in [0.15, 0.2) is 0 Å². The van der Waals surface area contributed by atoms with Crippen molar-refractivity contribution in [2.75, 3.05) is 26.4 Å². The molecule has 6 rings (SSSR count). The van der Waals surface area contributed by atoms with Crippen molar-refractivity contribution >= 4 is 0 Å². The van der Waals surface area contributed by atoms with Gasteiger partial charge in [-0.15, -0.1) is 0 Å². The van der Waals surface area contributed by atoms with E-state index < -0.39 is 5.41 Å². The maximum Gasteiger partial charge on any atom is 0.119 e. The molecule has 0 bridgehead atoms. The molecule has 0 heterocycles. The lowest BCUT2D eigenvalue weighted by Crippen LogP contribution is -2.25. The number of hydrogen-bond acceptors (Lipinski definition) is 4. The number of fused-ring (bicyclic) bond motifs is 10. The predicted molar refractivity (Wildman–Crippen MR) is 147 cm³/mol. The Hall–Kier alpha value is -3.92. The van der Waals surface area contributed by atoms with Gasteiger partial charge in [-0.2, -0.15) is 0 Å². The first kappa shape index (κ1) is 23.5. The quantitative estimate of drug-likeness (QED) is 0.219. The van der Waals surface area contributed by atoms with Crippen LogP contribution in [0.4, 0.5) is 0 Å². The number of benzene rings is 4. The average Bonchev–Trinajstić information content (AvgIpc) is 3.35. The van der Waals surface area contributed by atoms with Crippen molar-refractivity contribution in [3.8, 4) is 45.3 Å². The van der Waals surface area contributed by atoms with E-state index in [-0.39, 0.29) is 0 Å². The predicted octanol–water partition coefficient (Wildman–Crippen LogP) is 7.62. The fourth-order valence-corrected chi connectivity index (χ4v) is 6.19. The smallest absolute Gasteiger partial charge is 0.119 e. The second-order valence-electron chi connectivity index (χ2n) is 9.31. The van der Waals surface area contributed by atoms with Gasteiger partial charge in [0.2, 0.25) is 0 Å². The van der Waals surface area contributed by atoms with Crippen molar-refractivity contribution in [2.45, 2.75) is 33.1 Å². The lowest BCUT2D eigenvalue weighted by Gasteiger charge is -2.30. The molecule has 0 amide bonds. The Morgan fingerprint density at radius 2 is 0.649 bits per heavy atom. The standard InChI is InChI=1S/C33H32O4/c1-5-34-21-9-13-29-25(17-21)26-18-22(35-6-2)10-14-30(26)33(29)31-15-11-23(36-7-3)19-27(31)28-20-24(37-8-4)12-16-32(28)33/h9-20H,5-8H2,1-4H3. The van der Waals surface area contributed by atoms with Gasteiger partial charge in [-0.05, 0) is 121 Å². The monoisotopic (exact) mass is 492 g/mol. The molecule has 2 aliphatic rings.